The Kier molecular flexibility index (Phi) is 3.88. The zero-order chi connectivity index (χ0) is 16.4. The minimum absolute atomic E-state index is 0.0897. The van der Waals surface area contributed by atoms with Crippen LogP contribution in [0.3, 0.4) is 0 Å². The van der Waals surface area contributed by atoms with Crippen molar-refractivity contribution < 1.29 is 19.7 Å². The number of ether oxygens (including phenoxy) is 1. The van der Waals surface area contributed by atoms with Crippen LogP contribution in [0.4, 0.5) is 10.6 Å². The number of phenols is 1. The molecule has 0 radical (unpaired) electrons. The Morgan fingerprint density at radius 1 is 1.30 bits per heavy atom. The molecule has 1 aromatic heterocycles. The van der Waals surface area contributed by atoms with E-state index in [9.17, 15) is 9.90 Å². The number of hydrogen-bond acceptors (Lipinski definition) is 6. The Hall–Kier alpha value is -3.03. The summed E-state index contributed by atoms with van der Waals surface area (Å²) in [4.78, 5) is 10.5. The monoisotopic (exact) mass is 316 g/mol. The van der Waals surface area contributed by atoms with Gasteiger partial charge in [0, 0.05) is 30.5 Å². The van der Waals surface area contributed by atoms with Crippen molar-refractivity contribution in [3.63, 3.8) is 0 Å². The van der Waals surface area contributed by atoms with Crippen LogP contribution in [-0.4, -0.2) is 38.6 Å². The molecule has 120 valence electrons. The lowest BCUT2D eigenvalue weighted by atomic mass is 9.89. The van der Waals surface area contributed by atoms with E-state index in [1.165, 1.54) is 0 Å². The maximum absolute atomic E-state index is 10.5. The number of carbonyl (C=O) groups is 1. The van der Waals surface area contributed by atoms with Gasteiger partial charge in [-0.15, -0.1) is 10.2 Å². The lowest BCUT2D eigenvalue weighted by molar-refractivity contribution is 0.0837. The molecule has 0 aliphatic heterocycles. The van der Waals surface area contributed by atoms with E-state index < -0.39 is 6.09 Å². The number of nitrogens with two attached hydrogens (primary N) is 1. The highest BCUT2D eigenvalue weighted by Gasteiger charge is 2.32. The van der Waals surface area contributed by atoms with E-state index in [0.29, 0.717) is 29.8 Å². The number of rotatable bonds is 4. The number of aromatic hydroxyl groups is 1. The summed E-state index contributed by atoms with van der Waals surface area (Å²) in [6.07, 6.45) is -0.0316. The molecule has 8 nitrogen and oxygen atoms in total. The van der Waals surface area contributed by atoms with E-state index in [0.717, 1.165) is 0 Å². The van der Waals surface area contributed by atoms with E-state index in [1.54, 1.807) is 30.3 Å². The number of hydrogen-bond donors (Lipinski definition) is 4. The standard InChI is InChI=1S/C15H16N4O4/c16-14-13(23-9-5-8(6-9)17-15(21)22)7-11(18-19-14)10-3-1-2-4-12(10)20/h1-4,7-9,17,20H,5-6H2,(H2,16,19)(H,21,22)/t8-,9-. The van der Waals surface area contributed by atoms with E-state index in [4.69, 9.17) is 15.6 Å². The van der Waals surface area contributed by atoms with Crippen molar-refractivity contribution in [3.05, 3.63) is 30.3 Å². The average Bonchev–Trinajstić information content (AvgIpc) is 2.47. The van der Waals surface area contributed by atoms with Gasteiger partial charge in [0.05, 0.1) is 0 Å². The van der Waals surface area contributed by atoms with Crippen LogP contribution in [0.1, 0.15) is 12.8 Å². The quantitative estimate of drug-likeness (QED) is 0.674. The first-order valence-electron chi connectivity index (χ1n) is 7.10. The summed E-state index contributed by atoms with van der Waals surface area (Å²) in [6, 6.07) is 8.28. The topological polar surface area (TPSA) is 131 Å². The minimum Gasteiger partial charge on any atom is -0.507 e. The molecule has 2 aromatic rings. The predicted molar refractivity (Wildman–Crippen MR) is 82.1 cm³/mol. The normalized spacial score (nSPS) is 19.7. The molecule has 8 heteroatoms. The van der Waals surface area contributed by atoms with Crippen molar-refractivity contribution in [1.82, 2.24) is 15.5 Å². The van der Waals surface area contributed by atoms with Crippen LogP contribution >= 0.6 is 0 Å². The second-order valence-electron chi connectivity index (χ2n) is 5.35. The maximum atomic E-state index is 10.5. The second-order valence-corrected chi connectivity index (χ2v) is 5.35. The molecule has 1 aliphatic carbocycles. The lowest BCUT2D eigenvalue weighted by Gasteiger charge is -2.35. The van der Waals surface area contributed by atoms with Crippen LogP contribution < -0.4 is 15.8 Å². The van der Waals surface area contributed by atoms with Crippen LogP contribution in [0.2, 0.25) is 0 Å². The number of nitrogen functional groups attached to an aromatic ring is 1. The van der Waals surface area contributed by atoms with Gasteiger partial charge < -0.3 is 26.0 Å². The summed E-state index contributed by atoms with van der Waals surface area (Å²) < 4.78 is 5.75. The fourth-order valence-corrected chi connectivity index (χ4v) is 2.43. The van der Waals surface area contributed by atoms with Gasteiger partial charge in [0.15, 0.2) is 11.6 Å². The van der Waals surface area contributed by atoms with Gasteiger partial charge in [0.25, 0.3) is 0 Å². The zero-order valence-corrected chi connectivity index (χ0v) is 12.1. The molecule has 0 bridgehead atoms. The first kappa shape index (κ1) is 14.9. The molecule has 1 amide bonds. The minimum atomic E-state index is -1.04. The smallest absolute Gasteiger partial charge is 0.404 e. The highest BCUT2D eigenvalue weighted by Crippen LogP contribution is 2.33. The summed E-state index contributed by atoms with van der Waals surface area (Å²) in [7, 11) is 0. The summed E-state index contributed by atoms with van der Waals surface area (Å²) in [5.41, 5.74) is 6.76. The molecule has 0 unspecified atom stereocenters. The lowest BCUT2D eigenvalue weighted by Crippen LogP contribution is -2.48. The van der Waals surface area contributed by atoms with Crippen molar-refractivity contribution in [2.75, 3.05) is 5.73 Å². The van der Waals surface area contributed by atoms with E-state index >= 15 is 0 Å². The molecule has 0 atom stereocenters. The van der Waals surface area contributed by atoms with Gasteiger partial charge in [-0.2, -0.15) is 0 Å². The van der Waals surface area contributed by atoms with Crippen molar-refractivity contribution in [2.45, 2.75) is 25.0 Å². The molecule has 0 saturated heterocycles. The van der Waals surface area contributed by atoms with Crippen molar-refractivity contribution in [2.24, 2.45) is 0 Å². The van der Waals surface area contributed by atoms with Crippen LogP contribution in [0.15, 0.2) is 30.3 Å². The van der Waals surface area contributed by atoms with Crippen LogP contribution in [0.5, 0.6) is 11.5 Å². The SMILES string of the molecule is Nc1nnc(-c2ccccc2O)cc1O[C@H]1C[C@H](NC(=O)O)C1. The third kappa shape index (κ3) is 3.25. The Morgan fingerprint density at radius 2 is 2.04 bits per heavy atom. The number of benzene rings is 1. The molecule has 3 rings (SSSR count). The van der Waals surface area contributed by atoms with Gasteiger partial charge in [-0.05, 0) is 12.1 Å². The maximum Gasteiger partial charge on any atom is 0.404 e. The highest BCUT2D eigenvalue weighted by molar-refractivity contribution is 5.68. The molecule has 1 aliphatic rings. The average molecular weight is 316 g/mol. The number of nitrogens with zero attached hydrogens (tertiary/aromatic N) is 2. The van der Waals surface area contributed by atoms with Crippen LogP contribution in [0.25, 0.3) is 11.3 Å². The molecule has 1 heterocycles. The first-order valence-corrected chi connectivity index (χ1v) is 7.10. The third-order valence-electron chi connectivity index (χ3n) is 3.68. The largest absolute Gasteiger partial charge is 0.507 e. The Bertz CT molecular complexity index is 731. The fourth-order valence-electron chi connectivity index (χ4n) is 2.43. The molecule has 0 spiro atoms. The fraction of sp³-hybridized carbons (Fsp3) is 0.267. The Labute approximate surface area is 131 Å². The summed E-state index contributed by atoms with van der Waals surface area (Å²) in [5.74, 6) is 0.614. The van der Waals surface area contributed by atoms with Crippen LogP contribution in [-0.2, 0) is 0 Å². The second kappa shape index (κ2) is 5.99. The van der Waals surface area contributed by atoms with Gasteiger partial charge in [-0.3, -0.25) is 0 Å². The van der Waals surface area contributed by atoms with E-state index in [-0.39, 0.29) is 23.7 Å². The number of amides is 1. The zero-order valence-electron chi connectivity index (χ0n) is 12.1. The van der Waals surface area contributed by atoms with E-state index in [1.807, 2.05) is 0 Å². The first-order chi connectivity index (χ1) is 11.0. The third-order valence-corrected chi connectivity index (χ3v) is 3.68. The van der Waals surface area contributed by atoms with Gasteiger partial charge in [-0.1, -0.05) is 12.1 Å². The highest BCUT2D eigenvalue weighted by atomic mass is 16.5. The number of aromatic nitrogens is 2. The van der Waals surface area contributed by atoms with Crippen molar-refractivity contribution in [3.8, 4) is 22.8 Å². The molecule has 5 N–H and O–H groups in total. The number of para-hydroxylation sites is 1. The predicted octanol–water partition coefficient (Wildman–Crippen LogP) is 1.61. The summed E-state index contributed by atoms with van der Waals surface area (Å²) in [5, 5.41) is 28.7. The van der Waals surface area contributed by atoms with Crippen molar-refractivity contribution in [1.29, 1.82) is 0 Å². The van der Waals surface area contributed by atoms with Crippen LogP contribution in [0, 0.1) is 0 Å². The number of phenolic OH excluding ortho intramolecular Hbond substituents is 1. The molecule has 1 saturated carbocycles. The molecule has 1 aromatic carbocycles. The molecular weight excluding hydrogens is 300 g/mol. The summed E-state index contributed by atoms with van der Waals surface area (Å²) >= 11 is 0. The van der Waals surface area contributed by atoms with E-state index in [2.05, 4.69) is 15.5 Å². The Morgan fingerprint density at radius 3 is 2.74 bits per heavy atom. The van der Waals surface area contributed by atoms with Gasteiger partial charge in [0.1, 0.15) is 17.5 Å². The molecule has 23 heavy (non-hydrogen) atoms. The van der Waals surface area contributed by atoms with Gasteiger partial charge in [0.2, 0.25) is 0 Å². The number of carboxylic acid groups (broad SMARTS) is 1. The van der Waals surface area contributed by atoms with Gasteiger partial charge in [-0.25, -0.2) is 4.79 Å². The number of anilines is 1. The van der Waals surface area contributed by atoms with Gasteiger partial charge >= 0.3 is 6.09 Å². The molecule has 1 fully saturated rings. The summed E-state index contributed by atoms with van der Waals surface area (Å²) in [6.45, 7) is 0. The van der Waals surface area contributed by atoms with Crippen molar-refractivity contribution >= 4 is 11.9 Å². The Balaban J connectivity index is 1.72. The number of nitrogens with one attached hydrogen (secondary N) is 1. The molecular formula is C15H16N4O4.